The number of rotatable bonds is 6. The molecule has 1 amide bonds. The van der Waals surface area contributed by atoms with Crippen LogP contribution < -0.4 is 10.2 Å². The van der Waals surface area contributed by atoms with E-state index in [1.807, 2.05) is 0 Å². The van der Waals surface area contributed by atoms with Crippen molar-refractivity contribution in [2.45, 2.75) is 37.8 Å². The standard InChI is InChI=1S/C23H37N5O/c1-24-10-4-11-27-14-13-26(3)22(17-27)19-6-5-18-7-8-23(29)28(21(18)15-19)20-9-12-25(2)16-20/h5-6,15,20,22,24H,4,7-14,16-17H2,1-3H3/p+2. The van der Waals surface area contributed by atoms with E-state index in [0.29, 0.717) is 24.4 Å². The lowest BCUT2D eigenvalue weighted by Gasteiger charge is -2.40. The smallest absolute Gasteiger partial charge is 0.317 e. The molecule has 0 bridgehead atoms. The molecular weight excluding hydrogens is 362 g/mol. The van der Waals surface area contributed by atoms with Gasteiger partial charge in [-0.05, 0) is 26.1 Å². The highest BCUT2D eigenvalue weighted by atomic mass is 16.2. The maximum Gasteiger partial charge on any atom is 0.317 e. The number of carbonyl (C=O) groups excluding carboxylic acids is 1. The number of nitrogens with zero attached hydrogens (tertiary/aromatic N) is 3. The van der Waals surface area contributed by atoms with Gasteiger partial charge in [0.2, 0.25) is 0 Å². The number of carbonyl (C=O) groups is 1. The van der Waals surface area contributed by atoms with Gasteiger partial charge in [0.25, 0.3) is 0 Å². The number of hydrogen-bond acceptors (Lipinski definition) is 4. The molecule has 160 valence electrons. The van der Waals surface area contributed by atoms with Gasteiger partial charge >= 0.3 is 5.91 Å². The Morgan fingerprint density at radius 3 is 2.76 bits per heavy atom. The Balaban J connectivity index is 1.56. The SMILES string of the molecule is C[NH2+]CCCN1CCN(C)C(c2ccc3c(c2)[NH+](C2CCN(C)C2)C(=O)CC3)C1. The van der Waals surface area contributed by atoms with Crippen LogP contribution in [0.15, 0.2) is 18.2 Å². The minimum atomic E-state index is 0.393. The van der Waals surface area contributed by atoms with E-state index in [-0.39, 0.29) is 0 Å². The van der Waals surface area contributed by atoms with Gasteiger partial charge in [-0.2, -0.15) is 0 Å². The van der Waals surface area contributed by atoms with Crippen molar-refractivity contribution < 1.29 is 15.0 Å². The van der Waals surface area contributed by atoms with Crippen LogP contribution in [0.1, 0.15) is 36.4 Å². The first-order chi connectivity index (χ1) is 14.1. The summed E-state index contributed by atoms with van der Waals surface area (Å²) in [7, 11) is 6.58. The third kappa shape index (κ3) is 4.57. The summed E-state index contributed by atoms with van der Waals surface area (Å²) in [6, 6.07) is 7.85. The maximum absolute atomic E-state index is 12.9. The second-order valence-electron chi connectivity index (χ2n) is 9.35. The number of hydrogen-bond donors (Lipinski definition) is 2. The molecule has 6 nitrogen and oxygen atoms in total. The Hall–Kier alpha value is -1.31. The number of fused-ring (bicyclic) bond motifs is 1. The van der Waals surface area contributed by atoms with Crippen molar-refractivity contribution in [3.05, 3.63) is 29.3 Å². The number of likely N-dealkylation sites (N-methyl/N-ethyl adjacent to an activating group) is 2. The molecule has 3 aliphatic heterocycles. The summed E-state index contributed by atoms with van der Waals surface area (Å²) in [6.07, 6.45) is 3.96. The van der Waals surface area contributed by atoms with Crippen molar-refractivity contribution in [3.8, 4) is 0 Å². The van der Waals surface area contributed by atoms with Crippen molar-refractivity contribution in [2.75, 3.05) is 67.0 Å². The predicted molar refractivity (Wildman–Crippen MR) is 115 cm³/mol. The molecule has 2 saturated heterocycles. The largest absolute Gasteiger partial charge is 0.349 e. The van der Waals surface area contributed by atoms with E-state index in [2.05, 4.69) is 59.4 Å². The fourth-order valence-electron chi connectivity index (χ4n) is 5.43. The van der Waals surface area contributed by atoms with Crippen LogP contribution >= 0.6 is 0 Å². The Morgan fingerprint density at radius 1 is 1.14 bits per heavy atom. The van der Waals surface area contributed by atoms with E-state index < -0.39 is 0 Å². The third-order valence-corrected chi connectivity index (χ3v) is 7.23. The molecule has 0 saturated carbocycles. The lowest BCUT2D eigenvalue weighted by molar-refractivity contribution is -0.779. The number of benzene rings is 1. The lowest BCUT2D eigenvalue weighted by Crippen LogP contribution is -3.15. The molecule has 3 N–H and O–H groups in total. The number of nitrogens with one attached hydrogen (secondary N) is 1. The van der Waals surface area contributed by atoms with Crippen molar-refractivity contribution in [2.24, 2.45) is 0 Å². The molecule has 0 radical (unpaired) electrons. The van der Waals surface area contributed by atoms with E-state index >= 15 is 0 Å². The van der Waals surface area contributed by atoms with E-state index in [9.17, 15) is 4.79 Å². The zero-order valence-corrected chi connectivity index (χ0v) is 18.5. The molecular formula is C23H39N5O+2. The predicted octanol–water partition coefficient (Wildman–Crippen LogP) is -0.748. The third-order valence-electron chi connectivity index (χ3n) is 7.23. The van der Waals surface area contributed by atoms with Gasteiger partial charge in [-0.15, -0.1) is 0 Å². The van der Waals surface area contributed by atoms with Gasteiger partial charge in [-0.3, -0.25) is 9.80 Å². The Kier molecular flexibility index (Phi) is 6.66. The van der Waals surface area contributed by atoms with E-state index in [1.165, 1.54) is 36.3 Å². The lowest BCUT2D eigenvalue weighted by atomic mass is 9.94. The Labute approximate surface area is 175 Å². The summed E-state index contributed by atoms with van der Waals surface area (Å²) in [5, 5.41) is 2.27. The summed E-state index contributed by atoms with van der Waals surface area (Å²) < 4.78 is 0. The zero-order valence-electron chi connectivity index (χ0n) is 18.5. The molecule has 3 aliphatic rings. The monoisotopic (exact) mass is 401 g/mol. The summed E-state index contributed by atoms with van der Waals surface area (Å²) in [5.41, 5.74) is 4.04. The van der Waals surface area contributed by atoms with Crippen LogP contribution in [0.3, 0.4) is 0 Å². The maximum atomic E-state index is 12.9. The van der Waals surface area contributed by atoms with Gasteiger partial charge < -0.3 is 10.2 Å². The summed E-state index contributed by atoms with van der Waals surface area (Å²) >= 11 is 0. The molecule has 3 atom stereocenters. The second kappa shape index (κ2) is 9.23. The fraction of sp³-hybridized carbons (Fsp3) is 0.696. The number of aryl methyl sites for hydroxylation is 1. The number of piperazine rings is 1. The average molecular weight is 402 g/mol. The number of quaternary nitrogens is 2. The molecule has 4 rings (SSSR count). The highest BCUT2D eigenvalue weighted by Gasteiger charge is 2.39. The van der Waals surface area contributed by atoms with Crippen LogP contribution in [-0.4, -0.2) is 93.6 Å². The number of nitrogens with two attached hydrogens (primary N) is 1. The number of amides is 1. The number of likely N-dealkylation sites (tertiary alicyclic amines) is 1. The van der Waals surface area contributed by atoms with Crippen LogP contribution in [0.25, 0.3) is 0 Å². The minimum absolute atomic E-state index is 0.393. The van der Waals surface area contributed by atoms with Gasteiger partial charge in [0.05, 0.1) is 26.6 Å². The Bertz CT molecular complexity index is 723. The zero-order chi connectivity index (χ0) is 20.4. The Morgan fingerprint density at radius 2 is 2.00 bits per heavy atom. The fourth-order valence-corrected chi connectivity index (χ4v) is 5.43. The molecule has 0 spiro atoms. The van der Waals surface area contributed by atoms with Crippen molar-refractivity contribution in [1.29, 1.82) is 0 Å². The van der Waals surface area contributed by atoms with Crippen LogP contribution in [-0.2, 0) is 11.2 Å². The normalized spacial score (nSPS) is 29.3. The van der Waals surface area contributed by atoms with Gasteiger partial charge in [-0.1, -0.05) is 12.1 Å². The molecule has 2 fully saturated rings. The van der Waals surface area contributed by atoms with Crippen LogP contribution in [0.2, 0.25) is 0 Å². The first-order valence-electron chi connectivity index (χ1n) is 11.5. The summed E-state index contributed by atoms with van der Waals surface area (Å²) in [6.45, 7) is 7.87. The minimum Gasteiger partial charge on any atom is -0.349 e. The van der Waals surface area contributed by atoms with Gasteiger partial charge in [0.15, 0.2) is 0 Å². The van der Waals surface area contributed by atoms with Gasteiger partial charge in [-0.25, -0.2) is 9.69 Å². The average Bonchev–Trinajstić information content (AvgIpc) is 3.14. The first-order valence-corrected chi connectivity index (χ1v) is 11.5. The van der Waals surface area contributed by atoms with E-state index in [0.717, 1.165) is 50.5 Å². The van der Waals surface area contributed by atoms with Gasteiger partial charge in [0, 0.05) is 63.2 Å². The van der Waals surface area contributed by atoms with Crippen molar-refractivity contribution in [3.63, 3.8) is 0 Å². The van der Waals surface area contributed by atoms with Gasteiger partial charge in [0.1, 0.15) is 11.7 Å². The molecule has 6 heteroatoms. The first kappa shape index (κ1) is 20.9. The molecule has 0 aliphatic carbocycles. The van der Waals surface area contributed by atoms with Crippen LogP contribution in [0.5, 0.6) is 0 Å². The van der Waals surface area contributed by atoms with Crippen LogP contribution in [0, 0.1) is 0 Å². The molecule has 0 aromatic heterocycles. The quantitative estimate of drug-likeness (QED) is 0.616. The molecule has 29 heavy (non-hydrogen) atoms. The summed E-state index contributed by atoms with van der Waals surface area (Å²) in [5.74, 6) is 0.393. The highest BCUT2D eigenvalue weighted by Crippen LogP contribution is 2.29. The topological polar surface area (TPSA) is 47.8 Å². The second-order valence-corrected chi connectivity index (χ2v) is 9.35. The van der Waals surface area contributed by atoms with E-state index in [1.54, 1.807) is 0 Å². The van der Waals surface area contributed by atoms with Crippen LogP contribution in [0.4, 0.5) is 5.69 Å². The van der Waals surface area contributed by atoms with Crippen molar-refractivity contribution >= 4 is 11.6 Å². The molecule has 1 aromatic rings. The van der Waals surface area contributed by atoms with E-state index in [4.69, 9.17) is 0 Å². The highest BCUT2D eigenvalue weighted by molar-refractivity contribution is 5.73. The van der Waals surface area contributed by atoms with Crippen molar-refractivity contribution in [1.82, 2.24) is 14.7 Å². The molecule has 1 aromatic carbocycles. The molecule has 3 heterocycles. The molecule has 3 unspecified atom stereocenters. The summed E-state index contributed by atoms with van der Waals surface area (Å²) in [4.78, 5) is 21.5.